The second kappa shape index (κ2) is 7.60. The summed E-state index contributed by atoms with van der Waals surface area (Å²) >= 11 is 0. The lowest BCUT2D eigenvalue weighted by Crippen LogP contribution is -2.58. The molecule has 0 bridgehead atoms. The van der Waals surface area contributed by atoms with E-state index in [1.807, 2.05) is 30.3 Å². The predicted octanol–water partition coefficient (Wildman–Crippen LogP) is 2.17. The van der Waals surface area contributed by atoms with E-state index in [-0.39, 0.29) is 5.69 Å². The van der Waals surface area contributed by atoms with E-state index < -0.39 is 23.8 Å². The summed E-state index contributed by atoms with van der Waals surface area (Å²) in [5.41, 5.74) is 1.22. The predicted molar refractivity (Wildman–Crippen MR) is 96.1 cm³/mol. The summed E-state index contributed by atoms with van der Waals surface area (Å²) in [6.45, 7) is 0.334. The van der Waals surface area contributed by atoms with Gasteiger partial charge in [-0.1, -0.05) is 42.5 Å². The number of imide groups is 2. The number of urea groups is 1. The van der Waals surface area contributed by atoms with Gasteiger partial charge in [-0.25, -0.2) is 9.69 Å². The van der Waals surface area contributed by atoms with Crippen LogP contribution in [0.15, 0.2) is 59.6 Å². The second-order valence-corrected chi connectivity index (χ2v) is 5.59. The normalized spacial score (nSPS) is 17.5. The first-order chi connectivity index (χ1) is 12.6. The van der Waals surface area contributed by atoms with Crippen LogP contribution in [0, 0.1) is 5.92 Å². The Kier molecular flexibility index (Phi) is 5.07. The van der Waals surface area contributed by atoms with Crippen molar-refractivity contribution in [1.29, 1.82) is 0 Å². The monoisotopic (exact) mass is 351 g/mol. The summed E-state index contributed by atoms with van der Waals surface area (Å²) in [5.74, 6) is -2.19. The molecular formula is C19H17N3O4. The fourth-order valence-corrected chi connectivity index (χ4v) is 2.61. The average molecular weight is 351 g/mol. The number of ether oxygens (including phenoxy) is 1. The molecule has 4 amide bonds. The van der Waals surface area contributed by atoms with E-state index in [2.05, 4.69) is 10.3 Å². The third-order valence-corrected chi connectivity index (χ3v) is 3.90. The van der Waals surface area contributed by atoms with Crippen molar-refractivity contribution in [2.24, 2.45) is 10.9 Å². The highest BCUT2D eigenvalue weighted by Gasteiger charge is 2.41. The summed E-state index contributed by atoms with van der Waals surface area (Å²) in [4.78, 5) is 42.1. The zero-order valence-corrected chi connectivity index (χ0v) is 14.1. The maximum Gasteiger partial charge on any atom is 0.335 e. The molecule has 1 aliphatic heterocycles. The molecule has 0 aliphatic carbocycles. The van der Waals surface area contributed by atoms with Crippen LogP contribution in [0.5, 0.6) is 5.75 Å². The van der Waals surface area contributed by atoms with Gasteiger partial charge in [0.25, 0.3) is 5.91 Å². The summed E-state index contributed by atoms with van der Waals surface area (Å²) < 4.78 is 5.20. The first kappa shape index (κ1) is 17.3. The molecule has 1 atom stereocenters. The van der Waals surface area contributed by atoms with Crippen LogP contribution in [0.25, 0.3) is 0 Å². The van der Waals surface area contributed by atoms with Crippen molar-refractivity contribution in [1.82, 2.24) is 5.32 Å². The van der Waals surface area contributed by atoms with Crippen molar-refractivity contribution in [2.45, 2.75) is 6.54 Å². The number of amides is 4. The number of barbiturate groups is 1. The minimum absolute atomic E-state index is 0.270. The van der Waals surface area contributed by atoms with E-state index in [4.69, 9.17) is 4.74 Å². The van der Waals surface area contributed by atoms with E-state index in [1.54, 1.807) is 24.3 Å². The Balaban J connectivity index is 1.84. The van der Waals surface area contributed by atoms with Crippen LogP contribution < -0.4 is 15.0 Å². The number of hydrogen-bond acceptors (Lipinski definition) is 5. The molecule has 2 aromatic carbocycles. The van der Waals surface area contributed by atoms with E-state index in [1.165, 1.54) is 13.3 Å². The van der Waals surface area contributed by atoms with Gasteiger partial charge in [0.15, 0.2) is 5.92 Å². The van der Waals surface area contributed by atoms with Crippen molar-refractivity contribution in [3.05, 3.63) is 60.2 Å². The van der Waals surface area contributed by atoms with Gasteiger partial charge >= 0.3 is 6.03 Å². The highest BCUT2D eigenvalue weighted by Crippen LogP contribution is 2.30. The molecule has 1 N–H and O–H groups in total. The van der Waals surface area contributed by atoms with Crippen LogP contribution in [-0.4, -0.2) is 31.2 Å². The Morgan fingerprint density at radius 2 is 1.77 bits per heavy atom. The number of hydrogen-bond donors (Lipinski definition) is 1. The Hall–Kier alpha value is -3.48. The maximum absolute atomic E-state index is 12.8. The Labute approximate surface area is 150 Å². The van der Waals surface area contributed by atoms with Gasteiger partial charge < -0.3 is 4.74 Å². The Bertz CT molecular complexity index is 864. The van der Waals surface area contributed by atoms with E-state index in [0.29, 0.717) is 12.3 Å². The molecular weight excluding hydrogens is 334 g/mol. The number of benzene rings is 2. The fraction of sp³-hybridized carbons (Fsp3) is 0.158. The number of para-hydroxylation sites is 2. The van der Waals surface area contributed by atoms with Crippen LogP contribution in [-0.2, 0) is 16.1 Å². The SMILES string of the molecule is COc1ccccc1N1C(=O)NC(=O)[C@@H](C=NCc2ccccc2)C1=O. The molecule has 1 aliphatic rings. The molecule has 26 heavy (non-hydrogen) atoms. The number of carbonyl (C=O) groups is 3. The van der Waals surface area contributed by atoms with Crippen LogP contribution in [0.2, 0.25) is 0 Å². The number of carbonyl (C=O) groups excluding carboxylic acids is 3. The lowest BCUT2D eigenvalue weighted by Gasteiger charge is -2.29. The Morgan fingerprint density at radius 1 is 1.08 bits per heavy atom. The number of anilines is 1. The summed E-state index contributed by atoms with van der Waals surface area (Å²) in [6.07, 6.45) is 1.28. The van der Waals surface area contributed by atoms with E-state index in [9.17, 15) is 14.4 Å². The third-order valence-electron chi connectivity index (χ3n) is 3.90. The molecule has 2 aromatic rings. The van der Waals surface area contributed by atoms with Gasteiger partial charge in [-0.2, -0.15) is 0 Å². The van der Waals surface area contributed by atoms with Gasteiger partial charge in [0, 0.05) is 6.21 Å². The van der Waals surface area contributed by atoms with E-state index >= 15 is 0 Å². The fourth-order valence-electron chi connectivity index (χ4n) is 2.61. The molecule has 0 radical (unpaired) electrons. The van der Waals surface area contributed by atoms with Gasteiger partial charge in [-0.05, 0) is 17.7 Å². The van der Waals surface area contributed by atoms with Crippen LogP contribution >= 0.6 is 0 Å². The highest BCUT2D eigenvalue weighted by atomic mass is 16.5. The molecule has 0 saturated carbocycles. The Morgan fingerprint density at radius 3 is 2.50 bits per heavy atom. The third kappa shape index (κ3) is 3.46. The molecule has 1 saturated heterocycles. The van der Waals surface area contributed by atoms with Gasteiger partial charge in [0.05, 0.1) is 19.3 Å². The molecule has 132 valence electrons. The van der Waals surface area contributed by atoms with Gasteiger partial charge in [-0.3, -0.25) is 19.9 Å². The topological polar surface area (TPSA) is 88.1 Å². The first-order valence-corrected chi connectivity index (χ1v) is 7.97. The zero-order valence-electron chi connectivity index (χ0n) is 14.1. The molecule has 7 nitrogen and oxygen atoms in total. The lowest BCUT2D eigenvalue weighted by atomic mass is 10.1. The smallest absolute Gasteiger partial charge is 0.335 e. The number of rotatable bonds is 5. The lowest BCUT2D eigenvalue weighted by molar-refractivity contribution is -0.131. The summed E-state index contributed by atoms with van der Waals surface area (Å²) in [5, 5.41) is 2.19. The number of nitrogens with one attached hydrogen (secondary N) is 1. The van der Waals surface area contributed by atoms with Crippen molar-refractivity contribution in [3.8, 4) is 5.75 Å². The zero-order chi connectivity index (χ0) is 18.5. The number of methoxy groups -OCH3 is 1. The molecule has 0 unspecified atom stereocenters. The molecule has 7 heteroatoms. The second-order valence-electron chi connectivity index (χ2n) is 5.59. The molecule has 3 rings (SSSR count). The molecule has 0 aromatic heterocycles. The van der Waals surface area contributed by atoms with Gasteiger partial charge in [-0.15, -0.1) is 0 Å². The number of nitrogens with zero attached hydrogens (tertiary/aromatic N) is 2. The maximum atomic E-state index is 12.8. The van der Waals surface area contributed by atoms with Gasteiger partial charge in [0.2, 0.25) is 5.91 Å². The first-order valence-electron chi connectivity index (χ1n) is 7.97. The minimum atomic E-state index is -1.18. The molecule has 1 fully saturated rings. The minimum Gasteiger partial charge on any atom is -0.495 e. The van der Waals surface area contributed by atoms with Gasteiger partial charge in [0.1, 0.15) is 5.75 Å². The highest BCUT2D eigenvalue weighted by molar-refractivity contribution is 6.32. The van der Waals surface area contributed by atoms with Crippen LogP contribution in [0.1, 0.15) is 5.56 Å². The number of aliphatic imine (C=N–C) groups is 1. The van der Waals surface area contributed by atoms with Crippen LogP contribution in [0.4, 0.5) is 10.5 Å². The van der Waals surface area contributed by atoms with Crippen molar-refractivity contribution in [2.75, 3.05) is 12.0 Å². The van der Waals surface area contributed by atoms with Crippen LogP contribution in [0.3, 0.4) is 0 Å². The largest absolute Gasteiger partial charge is 0.495 e. The quantitative estimate of drug-likeness (QED) is 0.660. The van der Waals surface area contributed by atoms with Crippen molar-refractivity contribution in [3.63, 3.8) is 0 Å². The average Bonchev–Trinajstić information content (AvgIpc) is 2.65. The molecule has 1 heterocycles. The van der Waals surface area contributed by atoms with Crippen molar-refractivity contribution >= 4 is 29.7 Å². The summed E-state index contributed by atoms with van der Waals surface area (Å²) in [7, 11) is 1.44. The summed E-state index contributed by atoms with van der Waals surface area (Å²) in [6, 6.07) is 15.2. The molecule has 0 spiro atoms. The van der Waals surface area contributed by atoms with Crippen molar-refractivity contribution < 1.29 is 19.1 Å². The van der Waals surface area contributed by atoms with E-state index in [0.717, 1.165) is 10.5 Å². The standard InChI is InChI=1S/C19H17N3O4/c1-26-16-10-6-5-9-15(16)22-18(24)14(17(23)21-19(22)25)12-20-11-13-7-3-2-4-8-13/h2-10,12,14H,11H2,1H3,(H,21,23,25)/t14-/m1/s1.